The quantitative estimate of drug-likeness (QED) is 0.623. The van der Waals surface area contributed by atoms with Gasteiger partial charge in [-0.15, -0.1) is 6.42 Å². The second kappa shape index (κ2) is 10.4. The Bertz CT molecular complexity index is 943. The van der Waals surface area contributed by atoms with Crippen LogP contribution in [0.3, 0.4) is 0 Å². The molecule has 0 aromatic heterocycles. The molecular formula is C26H31N3O3. The van der Waals surface area contributed by atoms with Crippen LogP contribution in [0.4, 0.5) is 4.79 Å². The van der Waals surface area contributed by atoms with Crippen molar-refractivity contribution in [3.8, 4) is 23.8 Å². The van der Waals surface area contributed by atoms with E-state index in [9.17, 15) is 4.79 Å². The van der Waals surface area contributed by atoms with E-state index in [1.807, 2.05) is 18.2 Å². The molecule has 2 aliphatic heterocycles. The van der Waals surface area contributed by atoms with Gasteiger partial charge in [0.15, 0.2) is 11.5 Å². The number of amides is 2. The molecule has 2 aromatic carbocycles. The molecule has 6 heteroatoms. The van der Waals surface area contributed by atoms with E-state index in [1.54, 1.807) is 7.11 Å². The SMILES string of the molecule is C#CCOc1cc(CNC(=O)NC2CC3CCC(C2)N3Cc2ccccc2)ccc1OC. The molecule has 2 atom stereocenters. The molecule has 2 N–H and O–H groups in total. The number of piperidine rings is 1. The maximum absolute atomic E-state index is 12.6. The topological polar surface area (TPSA) is 62.8 Å². The highest BCUT2D eigenvalue weighted by molar-refractivity contribution is 5.74. The zero-order chi connectivity index (χ0) is 22.3. The minimum absolute atomic E-state index is 0.132. The lowest BCUT2D eigenvalue weighted by Crippen LogP contribution is -2.51. The van der Waals surface area contributed by atoms with Gasteiger partial charge in [0.1, 0.15) is 6.61 Å². The van der Waals surface area contributed by atoms with E-state index >= 15 is 0 Å². The first kappa shape index (κ1) is 22.0. The van der Waals surface area contributed by atoms with Crippen molar-refractivity contribution in [2.75, 3.05) is 13.7 Å². The Labute approximate surface area is 190 Å². The van der Waals surface area contributed by atoms with Crippen LogP contribution in [0.25, 0.3) is 0 Å². The van der Waals surface area contributed by atoms with E-state index in [4.69, 9.17) is 15.9 Å². The van der Waals surface area contributed by atoms with Crippen LogP contribution < -0.4 is 20.1 Å². The number of nitrogens with zero attached hydrogens (tertiary/aromatic N) is 1. The Balaban J connectivity index is 1.27. The van der Waals surface area contributed by atoms with Crippen molar-refractivity contribution in [3.63, 3.8) is 0 Å². The molecule has 0 radical (unpaired) electrons. The van der Waals surface area contributed by atoms with Crippen LogP contribution in [0.5, 0.6) is 11.5 Å². The fraction of sp³-hybridized carbons (Fsp3) is 0.423. The molecular weight excluding hydrogens is 402 g/mol. The van der Waals surface area contributed by atoms with Crippen LogP contribution in [-0.2, 0) is 13.1 Å². The van der Waals surface area contributed by atoms with Gasteiger partial charge in [-0.3, -0.25) is 4.90 Å². The van der Waals surface area contributed by atoms with Crippen LogP contribution in [0, 0.1) is 12.3 Å². The monoisotopic (exact) mass is 433 g/mol. The molecule has 2 fully saturated rings. The average molecular weight is 434 g/mol. The van der Waals surface area contributed by atoms with Gasteiger partial charge in [-0.25, -0.2) is 4.79 Å². The number of ether oxygens (including phenoxy) is 2. The number of terminal acetylenes is 1. The van der Waals surface area contributed by atoms with Gasteiger partial charge >= 0.3 is 6.03 Å². The zero-order valence-electron chi connectivity index (χ0n) is 18.5. The van der Waals surface area contributed by atoms with Gasteiger partial charge < -0.3 is 20.1 Å². The number of nitrogens with one attached hydrogen (secondary N) is 2. The van der Waals surface area contributed by atoms with E-state index in [0.717, 1.165) is 24.9 Å². The van der Waals surface area contributed by atoms with Crippen molar-refractivity contribution in [2.24, 2.45) is 0 Å². The maximum atomic E-state index is 12.6. The summed E-state index contributed by atoms with van der Waals surface area (Å²) in [6.45, 7) is 1.57. The summed E-state index contributed by atoms with van der Waals surface area (Å²) in [5.41, 5.74) is 2.28. The highest BCUT2D eigenvalue weighted by atomic mass is 16.5. The van der Waals surface area contributed by atoms with Gasteiger partial charge in [0.2, 0.25) is 0 Å². The first-order valence-electron chi connectivity index (χ1n) is 11.2. The third kappa shape index (κ3) is 5.35. The second-order valence-corrected chi connectivity index (χ2v) is 8.52. The summed E-state index contributed by atoms with van der Waals surface area (Å²) in [4.78, 5) is 15.2. The normalized spacial score (nSPS) is 22.1. The molecule has 2 amide bonds. The molecule has 4 rings (SSSR count). The molecule has 2 heterocycles. The van der Waals surface area contributed by atoms with E-state index < -0.39 is 0 Å². The van der Waals surface area contributed by atoms with Gasteiger partial charge in [0.05, 0.1) is 7.11 Å². The summed E-state index contributed by atoms with van der Waals surface area (Å²) in [7, 11) is 1.59. The highest BCUT2D eigenvalue weighted by Crippen LogP contribution is 2.36. The minimum Gasteiger partial charge on any atom is -0.493 e. The molecule has 2 unspecified atom stereocenters. The van der Waals surface area contributed by atoms with Gasteiger partial charge in [-0.2, -0.15) is 0 Å². The molecule has 2 aliphatic rings. The van der Waals surface area contributed by atoms with Crippen molar-refractivity contribution < 1.29 is 14.3 Å². The van der Waals surface area contributed by atoms with Crippen molar-refractivity contribution in [1.29, 1.82) is 0 Å². The number of hydrogen-bond donors (Lipinski definition) is 2. The minimum atomic E-state index is -0.132. The summed E-state index contributed by atoms with van der Waals surface area (Å²) >= 11 is 0. The molecule has 32 heavy (non-hydrogen) atoms. The van der Waals surface area contributed by atoms with Gasteiger partial charge in [0, 0.05) is 31.2 Å². The molecule has 0 spiro atoms. The Hall–Kier alpha value is -3.17. The third-order valence-electron chi connectivity index (χ3n) is 6.42. The Morgan fingerprint density at radius 2 is 1.84 bits per heavy atom. The molecule has 2 aromatic rings. The molecule has 6 nitrogen and oxygen atoms in total. The highest BCUT2D eigenvalue weighted by Gasteiger charge is 2.40. The fourth-order valence-electron chi connectivity index (χ4n) is 4.93. The average Bonchev–Trinajstić information content (AvgIpc) is 3.04. The first-order chi connectivity index (χ1) is 15.7. The lowest BCUT2D eigenvalue weighted by molar-refractivity contribution is 0.111. The summed E-state index contributed by atoms with van der Waals surface area (Å²) in [6, 6.07) is 17.4. The number of carbonyl (C=O) groups is 1. The van der Waals surface area contributed by atoms with E-state index in [2.05, 4.69) is 51.8 Å². The summed E-state index contributed by atoms with van der Waals surface area (Å²) < 4.78 is 10.8. The third-order valence-corrected chi connectivity index (χ3v) is 6.42. The van der Waals surface area contributed by atoms with Crippen molar-refractivity contribution in [1.82, 2.24) is 15.5 Å². The molecule has 2 bridgehead atoms. The number of carbonyl (C=O) groups excluding carboxylic acids is 1. The lowest BCUT2D eigenvalue weighted by Gasteiger charge is -2.39. The van der Waals surface area contributed by atoms with Crippen molar-refractivity contribution in [2.45, 2.75) is 56.9 Å². The predicted octanol–water partition coefficient (Wildman–Crippen LogP) is 3.70. The number of fused-ring (bicyclic) bond motifs is 2. The molecule has 0 saturated carbocycles. The second-order valence-electron chi connectivity index (χ2n) is 8.52. The van der Waals surface area contributed by atoms with Crippen LogP contribution in [0.1, 0.15) is 36.8 Å². The summed E-state index contributed by atoms with van der Waals surface area (Å²) in [5, 5.41) is 6.15. The largest absolute Gasteiger partial charge is 0.493 e. The maximum Gasteiger partial charge on any atom is 0.315 e. The summed E-state index contributed by atoms with van der Waals surface area (Å²) in [6.07, 6.45) is 9.71. The van der Waals surface area contributed by atoms with Crippen LogP contribution in [0.2, 0.25) is 0 Å². The van der Waals surface area contributed by atoms with Crippen LogP contribution >= 0.6 is 0 Å². The van der Waals surface area contributed by atoms with Crippen molar-refractivity contribution >= 4 is 6.03 Å². The predicted molar refractivity (Wildman–Crippen MR) is 125 cm³/mol. The van der Waals surface area contributed by atoms with E-state index in [1.165, 1.54) is 18.4 Å². The number of urea groups is 1. The van der Waals surface area contributed by atoms with E-state index in [0.29, 0.717) is 30.1 Å². The molecule has 2 saturated heterocycles. The Morgan fingerprint density at radius 1 is 1.09 bits per heavy atom. The van der Waals surface area contributed by atoms with Crippen molar-refractivity contribution in [3.05, 3.63) is 59.7 Å². The number of hydrogen-bond acceptors (Lipinski definition) is 4. The Kier molecular flexibility index (Phi) is 7.18. The molecule has 168 valence electrons. The fourth-order valence-corrected chi connectivity index (χ4v) is 4.93. The first-order valence-corrected chi connectivity index (χ1v) is 11.2. The number of methoxy groups -OCH3 is 1. The standard InChI is InChI=1S/C26H31N3O3/c1-3-13-32-25-14-20(9-12-24(25)31-2)17-27-26(30)28-21-15-22-10-11-23(16-21)29(22)18-19-7-5-4-6-8-19/h1,4-9,12,14,21-23H,10-11,13,15-18H2,2H3,(H2,27,28,30). The van der Waals surface area contributed by atoms with E-state index in [-0.39, 0.29) is 18.7 Å². The molecule has 0 aliphatic carbocycles. The summed E-state index contributed by atoms with van der Waals surface area (Å²) in [5.74, 6) is 3.64. The van der Waals surface area contributed by atoms with Crippen LogP contribution in [-0.4, -0.2) is 42.8 Å². The van der Waals surface area contributed by atoms with Crippen LogP contribution in [0.15, 0.2) is 48.5 Å². The van der Waals surface area contributed by atoms with Gasteiger partial charge in [0.25, 0.3) is 0 Å². The zero-order valence-corrected chi connectivity index (χ0v) is 18.5. The smallest absolute Gasteiger partial charge is 0.315 e. The van der Waals surface area contributed by atoms with Gasteiger partial charge in [-0.05, 0) is 48.9 Å². The van der Waals surface area contributed by atoms with Gasteiger partial charge in [-0.1, -0.05) is 42.3 Å². The number of rotatable bonds is 8. The Morgan fingerprint density at radius 3 is 2.53 bits per heavy atom. The lowest BCUT2D eigenvalue weighted by atomic mass is 9.96. The number of benzene rings is 2.